The van der Waals surface area contributed by atoms with E-state index in [2.05, 4.69) is 22.2 Å². The third-order valence-electron chi connectivity index (χ3n) is 5.32. The van der Waals surface area contributed by atoms with Crippen LogP contribution in [0.15, 0.2) is 36.4 Å². The zero-order valence-electron chi connectivity index (χ0n) is 15.7. The van der Waals surface area contributed by atoms with Crippen molar-refractivity contribution in [1.82, 2.24) is 16.2 Å². The van der Waals surface area contributed by atoms with Crippen molar-refractivity contribution in [2.45, 2.75) is 25.3 Å². The smallest absolute Gasteiger partial charge is 0.251 e. The van der Waals surface area contributed by atoms with E-state index in [-0.39, 0.29) is 11.9 Å². The lowest BCUT2D eigenvalue weighted by molar-refractivity contribution is 0.0939. The monoisotopic (exact) mass is 367 g/mol. The number of amides is 1. The highest BCUT2D eigenvalue weighted by atomic mass is 16.5. The third-order valence-corrected chi connectivity index (χ3v) is 5.32. The highest BCUT2D eigenvalue weighted by molar-refractivity contribution is 5.95. The van der Waals surface area contributed by atoms with E-state index < -0.39 is 0 Å². The van der Waals surface area contributed by atoms with Gasteiger partial charge in [0.15, 0.2) is 0 Å². The summed E-state index contributed by atoms with van der Waals surface area (Å²) in [6.07, 6.45) is 0.924. The fourth-order valence-electron chi connectivity index (χ4n) is 3.71. The summed E-state index contributed by atoms with van der Waals surface area (Å²) in [5, 5.41) is 3.08. The van der Waals surface area contributed by atoms with E-state index >= 15 is 0 Å². The van der Waals surface area contributed by atoms with Gasteiger partial charge in [-0.15, -0.1) is 0 Å². The summed E-state index contributed by atoms with van der Waals surface area (Å²) in [6, 6.07) is 11.7. The normalized spacial score (nSPS) is 17.3. The number of nitrogens with one attached hydrogen (secondary N) is 3. The predicted molar refractivity (Wildman–Crippen MR) is 103 cm³/mol. The minimum absolute atomic E-state index is 0.0858. The molecular weight excluding hydrogens is 342 g/mol. The minimum atomic E-state index is -0.105. The molecule has 0 unspecified atom stereocenters. The Bertz CT molecular complexity index is 847. The average Bonchev–Trinajstić information content (AvgIpc) is 3.38. The number of hydrogen-bond donors (Lipinski definition) is 3. The van der Waals surface area contributed by atoms with Gasteiger partial charge < -0.3 is 14.8 Å². The maximum Gasteiger partial charge on any atom is 0.251 e. The summed E-state index contributed by atoms with van der Waals surface area (Å²) >= 11 is 0. The minimum Gasteiger partial charge on any atom is -0.496 e. The first-order valence-electron chi connectivity index (χ1n) is 9.36. The Morgan fingerprint density at radius 3 is 2.81 bits per heavy atom. The molecule has 1 fully saturated rings. The van der Waals surface area contributed by atoms with Gasteiger partial charge in [-0.05, 0) is 47.9 Å². The van der Waals surface area contributed by atoms with E-state index in [9.17, 15) is 4.79 Å². The van der Waals surface area contributed by atoms with Crippen LogP contribution in [0.3, 0.4) is 0 Å². The summed E-state index contributed by atoms with van der Waals surface area (Å²) < 4.78 is 11.1. The molecule has 1 saturated heterocycles. The third kappa shape index (κ3) is 3.63. The van der Waals surface area contributed by atoms with Crippen molar-refractivity contribution in [2.24, 2.45) is 0 Å². The first-order chi connectivity index (χ1) is 13.2. The Kier molecular flexibility index (Phi) is 5.01. The van der Waals surface area contributed by atoms with Gasteiger partial charge in [0, 0.05) is 31.0 Å². The van der Waals surface area contributed by atoms with E-state index in [1.165, 1.54) is 5.56 Å². The maximum absolute atomic E-state index is 12.7. The number of methoxy groups -OCH3 is 1. The summed E-state index contributed by atoms with van der Waals surface area (Å²) in [5.41, 5.74) is 10.3. The second-order valence-electron chi connectivity index (χ2n) is 7.08. The Labute approximate surface area is 159 Å². The van der Waals surface area contributed by atoms with Crippen LogP contribution in [0.4, 0.5) is 0 Å². The highest BCUT2D eigenvalue weighted by Crippen LogP contribution is 2.30. The molecule has 6 nitrogen and oxygen atoms in total. The molecule has 1 atom stereocenters. The number of carbonyl (C=O) groups is 1. The molecular formula is C21H25N3O3. The van der Waals surface area contributed by atoms with Crippen molar-refractivity contribution < 1.29 is 14.3 Å². The second kappa shape index (κ2) is 7.58. The molecule has 142 valence electrons. The number of benzene rings is 2. The van der Waals surface area contributed by atoms with Crippen molar-refractivity contribution >= 4 is 5.91 Å². The van der Waals surface area contributed by atoms with Crippen LogP contribution in [-0.2, 0) is 6.42 Å². The second-order valence-corrected chi connectivity index (χ2v) is 7.08. The van der Waals surface area contributed by atoms with Gasteiger partial charge in [-0.1, -0.05) is 12.1 Å². The number of hydrogen-bond acceptors (Lipinski definition) is 5. The van der Waals surface area contributed by atoms with Crippen LogP contribution in [0.25, 0.3) is 0 Å². The van der Waals surface area contributed by atoms with E-state index in [1.807, 2.05) is 37.3 Å². The van der Waals surface area contributed by atoms with Gasteiger partial charge in [0.2, 0.25) is 0 Å². The van der Waals surface area contributed by atoms with Gasteiger partial charge in [0.1, 0.15) is 11.5 Å². The van der Waals surface area contributed by atoms with Crippen LogP contribution >= 0.6 is 0 Å². The number of carbonyl (C=O) groups excluding carboxylic acids is 1. The Hall–Kier alpha value is -2.57. The van der Waals surface area contributed by atoms with Crippen molar-refractivity contribution in [1.29, 1.82) is 0 Å². The lowest BCUT2D eigenvalue weighted by atomic mass is 9.97. The molecule has 4 rings (SSSR count). The summed E-state index contributed by atoms with van der Waals surface area (Å²) in [5.74, 6) is 1.94. The van der Waals surface area contributed by atoms with Crippen LogP contribution in [0.1, 0.15) is 45.9 Å². The Balaban J connectivity index is 1.49. The lowest BCUT2D eigenvalue weighted by Gasteiger charge is -2.17. The molecule has 2 heterocycles. The fraction of sp³-hybridized carbons (Fsp3) is 0.381. The molecule has 0 bridgehead atoms. The van der Waals surface area contributed by atoms with Gasteiger partial charge in [0.05, 0.1) is 19.8 Å². The summed E-state index contributed by atoms with van der Waals surface area (Å²) in [6.45, 7) is 4.43. The molecule has 1 amide bonds. The Morgan fingerprint density at radius 1 is 1.22 bits per heavy atom. The first kappa shape index (κ1) is 17.8. The lowest BCUT2D eigenvalue weighted by Crippen LogP contribution is -2.26. The molecule has 0 aromatic heterocycles. The molecule has 2 aromatic rings. The zero-order chi connectivity index (χ0) is 18.8. The topological polar surface area (TPSA) is 71.6 Å². The standard InChI is InChI=1S/C21H25N3O3/c1-13(14-4-6-19-15(9-14)7-8-27-19)24-21(25)16-3-5-18(20(10-16)26-2)17-11-22-23-12-17/h3-6,9-10,13,17,22-23H,7-8,11-12H2,1-2H3,(H,24,25)/t13-/m1/s1. The van der Waals surface area contributed by atoms with Crippen LogP contribution in [0.2, 0.25) is 0 Å². The van der Waals surface area contributed by atoms with Gasteiger partial charge in [-0.25, -0.2) is 0 Å². The van der Waals surface area contributed by atoms with Crippen LogP contribution in [0, 0.1) is 0 Å². The van der Waals surface area contributed by atoms with Crippen molar-refractivity contribution in [2.75, 3.05) is 26.8 Å². The number of rotatable bonds is 5. The van der Waals surface area contributed by atoms with Gasteiger partial charge in [-0.3, -0.25) is 15.6 Å². The van der Waals surface area contributed by atoms with Crippen LogP contribution in [-0.4, -0.2) is 32.7 Å². The first-order valence-corrected chi connectivity index (χ1v) is 9.36. The maximum atomic E-state index is 12.7. The van der Waals surface area contributed by atoms with Gasteiger partial charge >= 0.3 is 0 Å². The molecule has 2 aliphatic heterocycles. The molecule has 3 N–H and O–H groups in total. The molecule has 27 heavy (non-hydrogen) atoms. The van der Waals surface area contributed by atoms with Gasteiger partial charge in [0.25, 0.3) is 5.91 Å². The van der Waals surface area contributed by atoms with E-state index in [0.717, 1.165) is 48.7 Å². The molecule has 2 aliphatic rings. The molecule has 0 radical (unpaired) electrons. The highest BCUT2D eigenvalue weighted by Gasteiger charge is 2.22. The largest absolute Gasteiger partial charge is 0.496 e. The Morgan fingerprint density at radius 2 is 2.04 bits per heavy atom. The van der Waals surface area contributed by atoms with Crippen LogP contribution < -0.4 is 25.6 Å². The van der Waals surface area contributed by atoms with Crippen molar-refractivity contribution in [3.05, 3.63) is 58.7 Å². The SMILES string of the molecule is COc1cc(C(=O)N[C@H](C)c2ccc3c(c2)CCO3)ccc1C1CNNC1. The number of fused-ring (bicyclic) bond motifs is 1. The van der Waals surface area contributed by atoms with E-state index in [4.69, 9.17) is 9.47 Å². The number of ether oxygens (including phenoxy) is 2. The summed E-state index contributed by atoms with van der Waals surface area (Å²) in [4.78, 5) is 12.7. The fourth-order valence-corrected chi connectivity index (χ4v) is 3.71. The van der Waals surface area contributed by atoms with Crippen molar-refractivity contribution in [3.63, 3.8) is 0 Å². The molecule has 6 heteroatoms. The van der Waals surface area contributed by atoms with Gasteiger partial charge in [-0.2, -0.15) is 0 Å². The summed E-state index contributed by atoms with van der Waals surface area (Å²) in [7, 11) is 1.64. The molecule has 2 aromatic carbocycles. The van der Waals surface area contributed by atoms with E-state index in [0.29, 0.717) is 11.5 Å². The quantitative estimate of drug-likeness (QED) is 0.757. The number of hydrazine groups is 1. The van der Waals surface area contributed by atoms with Crippen molar-refractivity contribution in [3.8, 4) is 11.5 Å². The van der Waals surface area contributed by atoms with E-state index in [1.54, 1.807) is 7.11 Å². The predicted octanol–water partition coefficient (Wildman–Crippen LogP) is 2.31. The average molecular weight is 367 g/mol. The van der Waals surface area contributed by atoms with Crippen LogP contribution in [0.5, 0.6) is 11.5 Å². The molecule has 0 aliphatic carbocycles. The molecule has 0 spiro atoms. The molecule has 0 saturated carbocycles. The zero-order valence-corrected chi connectivity index (χ0v) is 15.7.